The van der Waals surface area contributed by atoms with Crippen molar-refractivity contribution in [3.63, 3.8) is 0 Å². The summed E-state index contributed by atoms with van der Waals surface area (Å²) in [6.07, 6.45) is 1.47. The number of nitrogens with two attached hydrogens (primary N) is 2. The number of nitrogens with one attached hydrogen (secondary N) is 1. The third-order valence-corrected chi connectivity index (χ3v) is 2.87. The molecule has 1 aliphatic carbocycles. The van der Waals surface area contributed by atoms with Gasteiger partial charge >= 0.3 is 0 Å². The lowest BCUT2D eigenvalue weighted by Gasteiger charge is -2.27. The van der Waals surface area contributed by atoms with E-state index in [-0.39, 0.29) is 30.8 Å². The van der Waals surface area contributed by atoms with Crippen LogP contribution in [0.1, 0.15) is 19.3 Å². The summed E-state index contributed by atoms with van der Waals surface area (Å²) in [6, 6.07) is -1.25. The molecular weight excluding hydrogens is 216 g/mol. The van der Waals surface area contributed by atoms with Crippen LogP contribution in [0.3, 0.4) is 0 Å². The molecule has 5 nitrogen and oxygen atoms in total. The van der Waals surface area contributed by atoms with Gasteiger partial charge in [-0.3, -0.25) is 10.4 Å². The molecule has 0 aromatic heterocycles. The van der Waals surface area contributed by atoms with Crippen LogP contribution in [0.4, 0.5) is 8.78 Å². The standard InChI is InChI=1S/C9H15F2N5/c10-9(11)3-4-16(8(13)14)6(9)7(12)15-5-1-2-5/h5-6H,1-4H2,(H2,12,15)(H3,13,14). The lowest BCUT2D eigenvalue weighted by molar-refractivity contribution is -0.00154. The highest BCUT2D eigenvalue weighted by atomic mass is 19.3. The zero-order valence-corrected chi connectivity index (χ0v) is 8.79. The molecule has 1 atom stereocenters. The van der Waals surface area contributed by atoms with Gasteiger partial charge in [-0.05, 0) is 12.8 Å². The number of aliphatic imine (C=N–C) groups is 1. The monoisotopic (exact) mass is 231 g/mol. The van der Waals surface area contributed by atoms with Crippen LogP contribution >= 0.6 is 0 Å². The van der Waals surface area contributed by atoms with Crippen molar-refractivity contribution in [3.8, 4) is 0 Å². The van der Waals surface area contributed by atoms with Crippen LogP contribution in [0, 0.1) is 5.41 Å². The quantitative estimate of drug-likeness (QED) is 0.465. The molecular formula is C9H15F2N5. The molecule has 2 rings (SSSR count). The van der Waals surface area contributed by atoms with Crippen molar-refractivity contribution >= 4 is 11.8 Å². The first kappa shape index (κ1) is 11.1. The van der Waals surface area contributed by atoms with Crippen LogP contribution in [-0.4, -0.2) is 41.2 Å². The first-order valence-corrected chi connectivity index (χ1v) is 5.23. The molecule has 1 saturated heterocycles. The number of likely N-dealkylation sites (tertiary alicyclic amines) is 1. The van der Waals surface area contributed by atoms with Crippen molar-refractivity contribution in [1.82, 2.24) is 4.90 Å². The minimum absolute atomic E-state index is 0.0495. The molecule has 7 heteroatoms. The van der Waals surface area contributed by atoms with E-state index < -0.39 is 12.0 Å². The van der Waals surface area contributed by atoms with Gasteiger partial charge in [0.1, 0.15) is 5.84 Å². The topological polar surface area (TPSA) is 91.5 Å². The van der Waals surface area contributed by atoms with E-state index >= 15 is 0 Å². The fourth-order valence-electron chi connectivity index (χ4n) is 1.88. The van der Waals surface area contributed by atoms with E-state index in [0.29, 0.717) is 0 Å². The van der Waals surface area contributed by atoms with Crippen LogP contribution in [0.15, 0.2) is 4.99 Å². The number of nitrogens with zero attached hydrogens (tertiary/aromatic N) is 2. The number of rotatable bonds is 2. The molecule has 1 aliphatic heterocycles. The smallest absolute Gasteiger partial charge is 0.276 e. The van der Waals surface area contributed by atoms with Crippen LogP contribution in [0.2, 0.25) is 0 Å². The molecule has 0 spiro atoms. The van der Waals surface area contributed by atoms with E-state index in [1.54, 1.807) is 0 Å². The summed E-state index contributed by atoms with van der Waals surface area (Å²) in [5.41, 5.74) is 10.9. The van der Waals surface area contributed by atoms with Gasteiger partial charge in [-0.25, -0.2) is 8.78 Å². The maximum absolute atomic E-state index is 13.6. The summed E-state index contributed by atoms with van der Waals surface area (Å²) in [5.74, 6) is -3.43. The molecule has 2 fully saturated rings. The van der Waals surface area contributed by atoms with Crippen molar-refractivity contribution in [1.29, 1.82) is 5.41 Å². The summed E-state index contributed by atoms with van der Waals surface area (Å²) in [4.78, 5) is 5.13. The molecule has 90 valence electrons. The first-order valence-electron chi connectivity index (χ1n) is 5.23. The van der Waals surface area contributed by atoms with Gasteiger partial charge in [0, 0.05) is 13.0 Å². The highest BCUT2D eigenvalue weighted by Crippen LogP contribution is 2.34. The average Bonchev–Trinajstić information content (AvgIpc) is 2.88. The summed E-state index contributed by atoms with van der Waals surface area (Å²) >= 11 is 0. The van der Waals surface area contributed by atoms with Gasteiger partial charge in [-0.15, -0.1) is 0 Å². The van der Waals surface area contributed by atoms with Gasteiger partial charge in [0.25, 0.3) is 5.92 Å². The minimum atomic E-state index is -2.95. The van der Waals surface area contributed by atoms with Gasteiger partial charge in [-0.2, -0.15) is 0 Å². The third kappa shape index (κ3) is 1.94. The highest BCUT2D eigenvalue weighted by Gasteiger charge is 2.52. The predicted molar refractivity (Wildman–Crippen MR) is 56.6 cm³/mol. The number of guanidine groups is 1. The fraction of sp³-hybridized carbons (Fsp3) is 0.778. The van der Waals surface area contributed by atoms with E-state index in [9.17, 15) is 8.78 Å². The van der Waals surface area contributed by atoms with Crippen molar-refractivity contribution in [2.75, 3.05) is 6.54 Å². The highest BCUT2D eigenvalue weighted by molar-refractivity contribution is 5.91. The first-order chi connectivity index (χ1) is 7.42. The van der Waals surface area contributed by atoms with Gasteiger partial charge < -0.3 is 16.4 Å². The van der Waals surface area contributed by atoms with Gasteiger partial charge in [0.05, 0.1) is 6.04 Å². The Hall–Kier alpha value is -1.40. The van der Waals surface area contributed by atoms with Crippen LogP contribution in [0.25, 0.3) is 0 Å². The Bertz CT molecular complexity index is 337. The third-order valence-electron chi connectivity index (χ3n) is 2.87. The Kier molecular flexibility index (Phi) is 2.47. The van der Waals surface area contributed by atoms with E-state index in [1.165, 1.54) is 0 Å². The molecule has 1 saturated carbocycles. The summed E-state index contributed by atoms with van der Waals surface area (Å²) in [5, 5.41) is 7.25. The molecule has 0 aromatic carbocycles. The molecule has 0 amide bonds. The second kappa shape index (κ2) is 3.57. The minimum Gasteiger partial charge on any atom is -0.386 e. The van der Waals surface area contributed by atoms with Crippen LogP contribution in [-0.2, 0) is 0 Å². The summed E-state index contributed by atoms with van der Waals surface area (Å²) < 4.78 is 27.2. The number of halogens is 2. The largest absolute Gasteiger partial charge is 0.386 e. The van der Waals surface area contributed by atoms with Gasteiger partial charge in [0.2, 0.25) is 0 Å². The second-order valence-electron chi connectivity index (χ2n) is 4.28. The molecule has 1 heterocycles. The Morgan fingerprint density at radius 3 is 2.50 bits per heavy atom. The Morgan fingerprint density at radius 2 is 2.00 bits per heavy atom. The van der Waals surface area contributed by atoms with Gasteiger partial charge in [0.15, 0.2) is 12.0 Å². The number of hydrogen-bond acceptors (Lipinski definition) is 2. The molecule has 2 aliphatic rings. The lowest BCUT2D eigenvalue weighted by atomic mass is 10.1. The van der Waals surface area contributed by atoms with Crippen molar-refractivity contribution in [2.45, 2.75) is 37.3 Å². The van der Waals surface area contributed by atoms with Crippen LogP contribution in [0.5, 0.6) is 0 Å². The second-order valence-corrected chi connectivity index (χ2v) is 4.28. The van der Waals surface area contributed by atoms with E-state index in [0.717, 1.165) is 17.7 Å². The Labute approximate surface area is 92.0 Å². The molecule has 0 bridgehead atoms. The molecule has 1 unspecified atom stereocenters. The Balaban J connectivity index is 2.21. The van der Waals surface area contributed by atoms with E-state index in [4.69, 9.17) is 16.9 Å². The fourth-order valence-corrected chi connectivity index (χ4v) is 1.88. The van der Waals surface area contributed by atoms with Crippen molar-refractivity contribution < 1.29 is 8.78 Å². The zero-order valence-electron chi connectivity index (χ0n) is 8.79. The summed E-state index contributed by atoms with van der Waals surface area (Å²) in [6.45, 7) is 0.0495. The molecule has 0 aromatic rings. The van der Waals surface area contributed by atoms with Gasteiger partial charge in [-0.1, -0.05) is 0 Å². The lowest BCUT2D eigenvalue weighted by Crippen LogP contribution is -2.52. The van der Waals surface area contributed by atoms with Crippen molar-refractivity contribution in [2.24, 2.45) is 16.5 Å². The normalized spacial score (nSPS) is 29.5. The molecule has 0 radical (unpaired) electrons. The Morgan fingerprint density at radius 1 is 1.38 bits per heavy atom. The van der Waals surface area contributed by atoms with Crippen molar-refractivity contribution in [3.05, 3.63) is 0 Å². The average molecular weight is 231 g/mol. The number of alkyl halides is 2. The van der Waals surface area contributed by atoms with Crippen LogP contribution < -0.4 is 11.5 Å². The number of hydrogen-bond donors (Lipinski definition) is 3. The van der Waals surface area contributed by atoms with E-state index in [1.807, 2.05) is 0 Å². The number of amidine groups is 1. The maximum Gasteiger partial charge on any atom is 0.276 e. The SMILES string of the molecule is N=C(N)N1CCC(F)(F)C1C(N)=NC1CC1. The maximum atomic E-state index is 13.6. The molecule has 16 heavy (non-hydrogen) atoms. The zero-order chi connectivity index (χ0) is 11.9. The molecule has 5 N–H and O–H groups in total. The predicted octanol–water partition coefficient (Wildman–Crippen LogP) is 0.109. The summed E-state index contributed by atoms with van der Waals surface area (Å²) in [7, 11) is 0. The van der Waals surface area contributed by atoms with E-state index in [2.05, 4.69) is 4.99 Å².